The van der Waals surface area contributed by atoms with Crippen LogP contribution >= 0.6 is 0 Å². The van der Waals surface area contributed by atoms with Crippen LogP contribution in [0, 0.1) is 0 Å². The molecular weight excluding hydrogens is 316 g/mol. The number of amides is 2. The molecule has 1 aliphatic rings. The van der Waals surface area contributed by atoms with Gasteiger partial charge in [-0.25, -0.2) is 4.98 Å². The van der Waals surface area contributed by atoms with E-state index in [1.807, 2.05) is 4.90 Å². The van der Waals surface area contributed by atoms with Crippen LogP contribution < -0.4 is 15.5 Å². The molecule has 1 saturated heterocycles. The second-order valence-electron chi connectivity index (χ2n) is 5.31. The van der Waals surface area contributed by atoms with Crippen molar-refractivity contribution < 1.29 is 24.2 Å². The van der Waals surface area contributed by atoms with Gasteiger partial charge in [-0.2, -0.15) is 0 Å². The van der Waals surface area contributed by atoms with Crippen LogP contribution in [-0.2, 0) is 14.3 Å². The van der Waals surface area contributed by atoms with Crippen molar-refractivity contribution in [2.24, 2.45) is 0 Å². The largest absolute Gasteiger partial charge is 0.480 e. The summed E-state index contributed by atoms with van der Waals surface area (Å²) in [4.78, 5) is 40.6. The van der Waals surface area contributed by atoms with E-state index in [1.165, 1.54) is 13.1 Å². The number of pyridine rings is 1. The van der Waals surface area contributed by atoms with Gasteiger partial charge in [0.05, 0.1) is 19.8 Å². The number of nitrogens with one attached hydrogen (secondary N) is 2. The summed E-state index contributed by atoms with van der Waals surface area (Å²) >= 11 is 0. The quantitative estimate of drug-likeness (QED) is 0.624. The van der Waals surface area contributed by atoms with Crippen molar-refractivity contribution in [1.29, 1.82) is 0 Å². The predicted molar refractivity (Wildman–Crippen MR) is 84.8 cm³/mol. The number of rotatable bonds is 6. The van der Waals surface area contributed by atoms with Crippen LogP contribution in [0.25, 0.3) is 0 Å². The zero-order valence-electron chi connectivity index (χ0n) is 13.3. The molecule has 0 aromatic carbocycles. The standard InChI is InChI=1S/C15H20N4O5/c1-10(15(22)23)18-13(20)9-17-14(21)11-2-3-16-12(8-11)19-4-6-24-7-5-19/h2-3,8,10H,4-7,9H2,1H3,(H,17,21)(H,18,20)(H,22,23). The lowest BCUT2D eigenvalue weighted by Gasteiger charge is -2.27. The number of morpholine rings is 1. The summed E-state index contributed by atoms with van der Waals surface area (Å²) in [6, 6.07) is 2.19. The molecule has 0 spiro atoms. The molecule has 2 heterocycles. The van der Waals surface area contributed by atoms with Crippen molar-refractivity contribution in [3.05, 3.63) is 23.9 Å². The Balaban J connectivity index is 1.90. The first-order valence-electron chi connectivity index (χ1n) is 7.56. The second kappa shape index (κ2) is 8.25. The lowest BCUT2D eigenvalue weighted by molar-refractivity contribution is -0.141. The third-order valence-electron chi connectivity index (χ3n) is 3.50. The molecular formula is C15H20N4O5. The van der Waals surface area contributed by atoms with E-state index < -0.39 is 23.8 Å². The van der Waals surface area contributed by atoms with Gasteiger partial charge in [-0.1, -0.05) is 0 Å². The Kier molecular flexibility index (Phi) is 6.07. The van der Waals surface area contributed by atoms with E-state index in [2.05, 4.69) is 15.6 Å². The van der Waals surface area contributed by atoms with Crippen LogP contribution in [-0.4, -0.2) is 66.8 Å². The van der Waals surface area contributed by atoms with E-state index in [4.69, 9.17) is 9.84 Å². The number of aliphatic carboxylic acids is 1. The fraction of sp³-hybridized carbons (Fsp3) is 0.467. The predicted octanol–water partition coefficient (Wildman–Crippen LogP) is -0.763. The zero-order chi connectivity index (χ0) is 17.5. The smallest absolute Gasteiger partial charge is 0.325 e. The van der Waals surface area contributed by atoms with E-state index >= 15 is 0 Å². The van der Waals surface area contributed by atoms with Crippen molar-refractivity contribution >= 4 is 23.6 Å². The first-order chi connectivity index (χ1) is 11.5. The lowest BCUT2D eigenvalue weighted by atomic mass is 10.2. The molecule has 1 aromatic rings. The molecule has 0 saturated carbocycles. The van der Waals surface area contributed by atoms with Gasteiger partial charge in [-0.15, -0.1) is 0 Å². The molecule has 2 amide bonds. The maximum atomic E-state index is 12.1. The van der Waals surface area contributed by atoms with Gasteiger partial charge in [0.1, 0.15) is 11.9 Å². The molecule has 130 valence electrons. The number of carbonyl (C=O) groups is 3. The maximum Gasteiger partial charge on any atom is 0.325 e. The number of carboxylic acids is 1. The summed E-state index contributed by atoms with van der Waals surface area (Å²) in [5, 5.41) is 13.4. The number of aromatic nitrogens is 1. The lowest BCUT2D eigenvalue weighted by Crippen LogP contribution is -2.44. The molecule has 24 heavy (non-hydrogen) atoms. The number of carbonyl (C=O) groups excluding carboxylic acids is 2. The highest BCUT2D eigenvalue weighted by atomic mass is 16.5. The summed E-state index contributed by atoms with van der Waals surface area (Å²) in [5.41, 5.74) is 0.380. The van der Waals surface area contributed by atoms with E-state index in [1.54, 1.807) is 12.1 Å². The van der Waals surface area contributed by atoms with Gasteiger partial charge in [-0.05, 0) is 19.1 Å². The van der Waals surface area contributed by atoms with Crippen molar-refractivity contribution in [1.82, 2.24) is 15.6 Å². The molecule has 1 fully saturated rings. The van der Waals surface area contributed by atoms with Gasteiger partial charge in [0, 0.05) is 24.8 Å². The number of hydrogen-bond donors (Lipinski definition) is 3. The number of hydrogen-bond acceptors (Lipinski definition) is 6. The highest BCUT2D eigenvalue weighted by Crippen LogP contribution is 2.14. The average molecular weight is 336 g/mol. The van der Waals surface area contributed by atoms with Crippen molar-refractivity contribution in [2.75, 3.05) is 37.7 Å². The van der Waals surface area contributed by atoms with Gasteiger partial charge in [0.25, 0.3) is 5.91 Å². The fourth-order valence-electron chi connectivity index (χ4n) is 2.14. The summed E-state index contributed by atoms with van der Waals surface area (Å²) in [6.45, 7) is 3.67. The van der Waals surface area contributed by atoms with Crippen molar-refractivity contribution in [3.63, 3.8) is 0 Å². The van der Waals surface area contributed by atoms with Crippen LogP contribution in [0.5, 0.6) is 0 Å². The monoisotopic (exact) mass is 336 g/mol. The Labute approximate surface area is 139 Å². The Hall–Kier alpha value is -2.68. The van der Waals surface area contributed by atoms with E-state index in [-0.39, 0.29) is 6.54 Å². The Morgan fingerprint density at radius 2 is 2.08 bits per heavy atom. The third-order valence-corrected chi connectivity index (χ3v) is 3.50. The molecule has 2 rings (SSSR count). The van der Waals surface area contributed by atoms with Crippen LogP contribution in [0.1, 0.15) is 17.3 Å². The Bertz CT molecular complexity index is 616. The van der Waals surface area contributed by atoms with Crippen molar-refractivity contribution in [3.8, 4) is 0 Å². The fourth-order valence-corrected chi connectivity index (χ4v) is 2.14. The molecule has 9 heteroatoms. The SMILES string of the molecule is CC(NC(=O)CNC(=O)c1ccnc(N2CCOCC2)c1)C(=O)O. The molecule has 1 unspecified atom stereocenters. The minimum absolute atomic E-state index is 0.300. The van der Waals surface area contributed by atoms with Crippen LogP contribution in [0.15, 0.2) is 18.3 Å². The second-order valence-corrected chi connectivity index (χ2v) is 5.31. The molecule has 0 bridgehead atoms. The molecule has 9 nitrogen and oxygen atoms in total. The average Bonchev–Trinajstić information content (AvgIpc) is 2.60. The molecule has 1 atom stereocenters. The first-order valence-corrected chi connectivity index (χ1v) is 7.56. The van der Waals surface area contributed by atoms with E-state index in [0.29, 0.717) is 37.7 Å². The van der Waals surface area contributed by atoms with E-state index in [9.17, 15) is 14.4 Å². The number of anilines is 1. The minimum atomic E-state index is -1.14. The minimum Gasteiger partial charge on any atom is -0.480 e. The summed E-state index contributed by atoms with van der Waals surface area (Å²) in [5.74, 6) is -1.46. The zero-order valence-corrected chi connectivity index (χ0v) is 13.3. The van der Waals surface area contributed by atoms with Gasteiger partial charge in [0.15, 0.2) is 0 Å². The molecule has 0 radical (unpaired) electrons. The number of ether oxygens (including phenoxy) is 1. The van der Waals surface area contributed by atoms with Crippen LogP contribution in [0.4, 0.5) is 5.82 Å². The number of carboxylic acid groups (broad SMARTS) is 1. The highest BCUT2D eigenvalue weighted by Gasteiger charge is 2.16. The summed E-state index contributed by atoms with van der Waals surface area (Å²) < 4.78 is 5.28. The summed E-state index contributed by atoms with van der Waals surface area (Å²) in [7, 11) is 0. The molecule has 1 aliphatic heterocycles. The van der Waals surface area contributed by atoms with Gasteiger partial charge in [-0.3, -0.25) is 14.4 Å². The summed E-state index contributed by atoms with van der Waals surface area (Å²) in [6.07, 6.45) is 1.53. The normalized spacial score (nSPS) is 15.5. The molecule has 3 N–H and O–H groups in total. The topological polar surface area (TPSA) is 121 Å². The Morgan fingerprint density at radius 1 is 1.38 bits per heavy atom. The van der Waals surface area contributed by atoms with Gasteiger partial charge < -0.3 is 25.4 Å². The number of nitrogens with zero attached hydrogens (tertiary/aromatic N) is 2. The van der Waals surface area contributed by atoms with E-state index in [0.717, 1.165) is 0 Å². The van der Waals surface area contributed by atoms with Crippen molar-refractivity contribution in [2.45, 2.75) is 13.0 Å². The highest BCUT2D eigenvalue weighted by molar-refractivity contribution is 5.97. The van der Waals surface area contributed by atoms with Gasteiger partial charge >= 0.3 is 5.97 Å². The Morgan fingerprint density at radius 3 is 2.75 bits per heavy atom. The van der Waals surface area contributed by atoms with Crippen LogP contribution in [0.3, 0.4) is 0 Å². The first kappa shape index (κ1) is 17.7. The van der Waals surface area contributed by atoms with Gasteiger partial charge in [0.2, 0.25) is 5.91 Å². The maximum absolute atomic E-state index is 12.1. The molecule has 1 aromatic heterocycles. The van der Waals surface area contributed by atoms with Crippen LogP contribution in [0.2, 0.25) is 0 Å². The third kappa shape index (κ3) is 4.92. The molecule has 0 aliphatic carbocycles.